The second-order valence-corrected chi connectivity index (χ2v) is 3.39. The number of furan rings is 1. The van der Waals surface area contributed by atoms with Crippen molar-refractivity contribution in [2.45, 2.75) is 13.2 Å². The summed E-state index contributed by atoms with van der Waals surface area (Å²) in [6.45, 7) is 0.405. The Hall–Kier alpha value is -1.81. The van der Waals surface area contributed by atoms with E-state index in [4.69, 9.17) is 9.52 Å². The third-order valence-electron chi connectivity index (χ3n) is 2.18. The summed E-state index contributed by atoms with van der Waals surface area (Å²) in [5.41, 5.74) is 0.823. The van der Waals surface area contributed by atoms with E-state index in [2.05, 4.69) is 5.32 Å². The summed E-state index contributed by atoms with van der Waals surface area (Å²) in [6, 6.07) is 9.62. The maximum atomic E-state index is 12.6. The quantitative estimate of drug-likeness (QED) is 0.833. The number of halogens is 1. The van der Waals surface area contributed by atoms with Crippen molar-refractivity contribution in [2.24, 2.45) is 0 Å². The van der Waals surface area contributed by atoms with Gasteiger partial charge in [-0.25, -0.2) is 4.39 Å². The highest BCUT2D eigenvalue weighted by Gasteiger charge is 2.00. The van der Waals surface area contributed by atoms with Crippen LogP contribution in [0.1, 0.15) is 11.5 Å². The first kappa shape index (κ1) is 10.7. The molecule has 4 heteroatoms. The number of anilines is 1. The van der Waals surface area contributed by atoms with Gasteiger partial charge in [0.15, 0.2) is 0 Å². The van der Waals surface area contributed by atoms with E-state index < -0.39 is 0 Å². The molecular weight excluding hydrogens is 209 g/mol. The van der Waals surface area contributed by atoms with Gasteiger partial charge in [0.05, 0.1) is 6.54 Å². The second-order valence-electron chi connectivity index (χ2n) is 3.39. The summed E-state index contributed by atoms with van der Waals surface area (Å²) in [4.78, 5) is 0. The molecule has 2 rings (SSSR count). The fourth-order valence-corrected chi connectivity index (χ4v) is 1.36. The SMILES string of the molecule is OCc1ccc(CNc2ccc(F)cc2)o1. The van der Waals surface area contributed by atoms with Crippen LogP contribution in [0.15, 0.2) is 40.8 Å². The highest BCUT2D eigenvalue weighted by Crippen LogP contribution is 2.12. The van der Waals surface area contributed by atoms with Crippen LogP contribution >= 0.6 is 0 Å². The van der Waals surface area contributed by atoms with Crippen LogP contribution in [0.5, 0.6) is 0 Å². The van der Waals surface area contributed by atoms with Crippen molar-refractivity contribution in [3.05, 3.63) is 53.7 Å². The summed E-state index contributed by atoms with van der Waals surface area (Å²) < 4.78 is 17.9. The topological polar surface area (TPSA) is 45.4 Å². The molecular formula is C12H12FNO2. The summed E-state index contributed by atoms with van der Waals surface area (Å²) >= 11 is 0. The Morgan fingerprint density at radius 2 is 1.75 bits per heavy atom. The zero-order chi connectivity index (χ0) is 11.4. The molecule has 0 atom stereocenters. The number of hydrogen-bond acceptors (Lipinski definition) is 3. The van der Waals surface area contributed by atoms with E-state index in [9.17, 15) is 4.39 Å². The highest BCUT2D eigenvalue weighted by molar-refractivity contribution is 5.42. The van der Waals surface area contributed by atoms with Crippen LogP contribution in [0, 0.1) is 5.82 Å². The molecule has 0 bridgehead atoms. The summed E-state index contributed by atoms with van der Waals surface area (Å²) in [6.07, 6.45) is 0. The van der Waals surface area contributed by atoms with E-state index in [1.165, 1.54) is 12.1 Å². The molecule has 1 aromatic heterocycles. The van der Waals surface area contributed by atoms with E-state index in [0.717, 1.165) is 11.4 Å². The van der Waals surface area contributed by atoms with Crippen molar-refractivity contribution >= 4 is 5.69 Å². The van der Waals surface area contributed by atoms with E-state index in [1.807, 2.05) is 0 Å². The Labute approximate surface area is 92.5 Å². The first-order chi connectivity index (χ1) is 7.78. The van der Waals surface area contributed by atoms with Crippen molar-refractivity contribution in [2.75, 3.05) is 5.32 Å². The highest BCUT2D eigenvalue weighted by atomic mass is 19.1. The molecule has 16 heavy (non-hydrogen) atoms. The van der Waals surface area contributed by atoms with Crippen LogP contribution in [0.3, 0.4) is 0 Å². The van der Waals surface area contributed by atoms with Gasteiger partial charge in [-0.3, -0.25) is 0 Å². The van der Waals surface area contributed by atoms with Gasteiger partial charge in [-0.15, -0.1) is 0 Å². The lowest BCUT2D eigenvalue weighted by molar-refractivity contribution is 0.244. The molecule has 0 amide bonds. The van der Waals surface area contributed by atoms with E-state index >= 15 is 0 Å². The minimum atomic E-state index is -0.258. The summed E-state index contributed by atoms with van der Waals surface area (Å²) in [7, 11) is 0. The van der Waals surface area contributed by atoms with Crippen LogP contribution in [0.4, 0.5) is 10.1 Å². The van der Waals surface area contributed by atoms with Crippen molar-refractivity contribution in [3.8, 4) is 0 Å². The Morgan fingerprint density at radius 1 is 1.06 bits per heavy atom. The van der Waals surface area contributed by atoms with Gasteiger partial charge in [0, 0.05) is 5.69 Å². The van der Waals surface area contributed by atoms with Crippen LogP contribution in [-0.2, 0) is 13.2 Å². The van der Waals surface area contributed by atoms with Gasteiger partial charge >= 0.3 is 0 Å². The second kappa shape index (κ2) is 4.81. The molecule has 0 saturated heterocycles. The molecule has 2 N–H and O–H groups in total. The minimum Gasteiger partial charge on any atom is -0.462 e. The van der Waals surface area contributed by atoms with Crippen LogP contribution < -0.4 is 5.32 Å². The monoisotopic (exact) mass is 221 g/mol. The smallest absolute Gasteiger partial charge is 0.129 e. The maximum Gasteiger partial charge on any atom is 0.129 e. The average Bonchev–Trinajstić information content (AvgIpc) is 2.76. The molecule has 2 aromatic rings. The molecule has 0 aliphatic heterocycles. The van der Waals surface area contributed by atoms with Gasteiger partial charge in [-0.1, -0.05) is 0 Å². The molecule has 0 fully saturated rings. The normalized spacial score (nSPS) is 10.4. The molecule has 0 spiro atoms. The van der Waals surface area contributed by atoms with Crippen LogP contribution in [0.25, 0.3) is 0 Å². The molecule has 0 saturated carbocycles. The molecule has 0 aliphatic carbocycles. The number of benzene rings is 1. The number of rotatable bonds is 4. The third-order valence-corrected chi connectivity index (χ3v) is 2.18. The zero-order valence-electron chi connectivity index (χ0n) is 8.61. The molecule has 1 aromatic carbocycles. The van der Waals surface area contributed by atoms with Crippen molar-refractivity contribution < 1.29 is 13.9 Å². The third kappa shape index (κ3) is 2.61. The summed E-state index contributed by atoms with van der Waals surface area (Å²) in [5.74, 6) is 1.01. The standard InChI is InChI=1S/C12H12FNO2/c13-9-1-3-10(4-2-9)14-7-11-5-6-12(8-15)16-11/h1-6,14-15H,7-8H2. The average molecular weight is 221 g/mol. The molecule has 0 radical (unpaired) electrons. The Balaban J connectivity index is 1.94. The van der Waals surface area contributed by atoms with Gasteiger partial charge in [0.25, 0.3) is 0 Å². The number of nitrogens with one attached hydrogen (secondary N) is 1. The van der Waals surface area contributed by atoms with Crippen molar-refractivity contribution in [1.82, 2.24) is 0 Å². The fraction of sp³-hybridized carbons (Fsp3) is 0.167. The van der Waals surface area contributed by atoms with E-state index in [1.54, 1.807) is 24.3 Å². The molecule has 1 heterocycles. The number of hydrogen-bond donors (Lipinski definition) is 2. The predicted octanol–water partition coefficient (Wildman–Crippen LogP) is 2.52. The first-order valence-electron chi connectivity index (χ1n) is 4.96. The molecule has 3 nitrogen and oxygen atoms in total. The Morgan fingerprint density at radius 3 is 2.38 bits per heavy atom. The number of aliphatic hydroxyl groups excluding tert-OH is 1. The van der Waals surface area contributed by atoms with E-state index in [-0.39, 0.29) is 12.4 Å². The zero-order valence-corrected chi connectivity index (χ0v) is 8.61. The number of aliphatic hydroxyl groups is 1. The predicted molar refractivity (Wildman–Crippen MR) is 58.4 cm³/mol. The lowest BCUT2D eigenvalue weighted by Gasteiger charge is -2.03. The lowest BCUT2D eigenvalue weighted by atomic mass is 10.3. The fourth-order valence-electron chi connectivity index (χ4n) is 1.36. The summed E-state index contributed by atoms with van der Waals surface area (Å²) in [5, 5.41) is 11.9. The van der Waals surface area contributed by atoms with Crippen molar-refractivity contribution in [3.63, 3.8) is 0 Å². The Kier molecular flexibility index (Phi) is 3.22. The largest absolute Gasteiger partial charge is 0.462 e. The maximum absolute atomic E-state index is 12.6. The van der Waals surface area contributed by atoms with Crippen LogP contribution in [0.2, 0.25) is 0 Å². The van der Waals surface area contributed by atoms with Gasteiger partial charge < -0.3 is 14.8 Å². The van der Waals surface area contributed by atoms with Crippen LogP contribution in [-0.4, -0.2) is 5.11 Å². The molecule has 84 valence electrons. The Bertz CT molecular complexity index is 450. The van der Waals surface area contributed by atoms with Gasteiger partial charge in [-0.2, -0.15) is 0 Å². The van der Waals surface area contributed by atoms with Gasteiger partial charge in [0.2, 0.25) is 0 Å². The van der Waals surface area contributed by atoms with E-state index in [0.29, 0.717) is 12.3 Å². The van der Waals surface area contributed by atoms with Gasteiger partial charge in [0.1, 0.15) is 23.9 Å². The van der Waals surface area contributed by atoms with Crippen molar-refractivity contribution in [1.29, 1.82) is 0 Å². The molecule has 0 aliphatic rings. The molecule has 0 unspecified atom stereocenters. The minimum absolute atomic E-state index is 0.101. The lowest BCUT2D eigenvalue weighted by Crippen LogP contribution is -1.97. The first-order valence-corrected chi connectivity index (χ1v) is 4.96. The van der Waals surface area contributed by atoms with Gasteiger partial charge in [-0.05, 0) is 36.4 Å².